The molecule has 20 heavy (non-hydrogen) atoms. The summed E-state index contributed by atoms with van der Waals surface area (Å²) in [5.74, 6) is -0.319. The molecule has 5 nitrogen and oxygen atoms in total. The van der Waals surface area contributed by atoms with E-state index in [0.29, 0.717) is 6.54 Å². The molecule has 1 aromatic heterocycles. The van der Waals surface area contributed by atoms with Crippen LogP contribution < -0.4 is 10.6 Å². The second-order valence-corrected chi connectivity index (χ2v) is 6.67. The maximum absolute atomic E-state index is 11.8. The number of carbonyl (C=O) groups excluding carboxylic acids is 2. The number of para-hydroxylation sites is 1. The fourth-order valence-electron chi connectivity index (χ4n) is 1.52. The number of fused-ring (bicyclic) bond motifs is 1. The zero-order chi connectivity index (χ0) is 14.5. The smallest absolute Gasteiger partial charge is 0.321 e. The molecule has 1 heterocycles. The van der Waals surface area contributed by atoms with Gasteiger partial charge in [-0.1, -0.05) is 23.9 Å². The first-order valence-corrected chi connectivity index (χ1v) is 7.90. The number of amides is 3. The molecule has 106 valence electrons. The van der Waals surface area contributed by atoms with Crippen LogP contribution in [0.3, 0.4) is 0 Å². The van der Waals surface area contributed by atoms with Crippen LogP contribution in [0.1, 0.15) is 13.8 Å². The van der Waals surface area contributed by atoms with Gasteiger partial charge in [0, 0.05) is 6.54 Å². The summed E-state index contributed by atoms with van der Waals surface area (Å²) >= 11 is 2.90. The molecule has 0 aliphatic carbocycles. The first-order chi connectivity index (χ1) is 9.60. The maximum Gasteiger partial charge on any atom is 0.321 e. The molecule has 1 aromatic carbocycles. The molecule has 2 aromatic rings. The summed E-state index contributed by atoms with van der Waals surface area (Å²) < 4.78 is 1.91. The van der Waals surface area contributed by atoms with Crippen LogP contribution in [-0.2, 0) is 4.79 Å². The molecule has 1 atom stereocenters. The molecule has 0 fully saturated rings. The molecule has 2 N–H and O–H groups in total. The second-order valence-electron chi connectivity index (χ2n) is 4.06. The van der Waals surface area contributed by atoms with Crippen molar-refractivity contribution < 1.29 is 9.59 Å². The van der Waals surface area contributed by atoms with Gasteiger partial charge in [0.05, 0.1) is 15.5 Å². The van der Waals surface area contributed by atoms with Crippen LogP contribution in [0.2, 0.25) is 0 Å². The average Bonchev–Trinajstić information content (AvgIpc) is 2.80. The van der Waals surface area contributed by atoms with Crippen LogP contribution in [0.4, 0.5) is 4.79 Å². The van der Waals surface area contributed by atoms with Crippen molar-refractivity contribution in [1.29, 1.82) is 0 Å². The van der Waals surface area contributed by atoms with Gasteiger partial charge in [0.25, 0.3) is 0 Å². The van der Waals surface area contributed by atoms with Crippen LogP contribution >= 0.6 is 23.1 Å². The number of hydrogen-bond acceptors (Lipinski definition) is 5. The molecular formula is C13H15N3O2S2. The van der Waals surface area contributed by atoms with Crippen LogP contribution in [0.25, 0.3) is 10.2 Å². The van der Waals surface area contributed by atoms with E-state index in [0.717, 1.165) is 14.6 Å². The number of urea groups is 1. The van der Waals surface area contributed by atoms with E-state index in [-0.39, 0.29) is 11.2 Å². The topological polar surface area (TPSA) is 71.1 Å². The van der Waals surface area contributed by atoms with Crippen LogP contribution in [-0.4, -0.2) is 28.7 Å². The molecule has 0 aliphatic heterocycles. The molecule has 2 rings (SSSR count). The highest BCUT2D eigenvalue weighted by atomic mass is 32.2. The molecule has 0 spiro atoms. The summed E-state index contributed by atoms with van der Waals surface area (Å²) in [6, 6.07) is 7.36. The van der Waals surface area contributed by atoms with Gasteiger partial charge in [0.15, 0.2) is 4.34 Å². The van der Waals surface area contributed by atoms with Crippen molar-refractivity contribution >= 4 is 45.3 Å². The Bertz CT molecular complexity index is 594. The van der Waals surface area contributed by atoms with Gasteiger partial charge >= 0.3 is 6.03 Å². The summed E-state index contributed by atoms with van der Waals surface area (Å²) in [7, 11) is 0. The number of imide groups is 1. The number of thiazole rings is 1. The molecule has 3 amide bonds. The summed E-state index contributed by atoms with van der Waals surface area (Å²) in [5.41, 5.74) is 0.927. The van der Waals surface area contributed by atoms with Gasteiger partial charge in [-0.05, 0) is 26.0 Å². The lowest BCUT2D eigenvalue weighted by Crippen LogP contribution is -2.42. The number of nitrogens with zero attached hydrogens (tertiary/aromatic N) is 1. The maximum atomic E-state index is 11.8. The van der Waals surface area contributed by atoms with E-state index < -0.39 is 6.03 Å². The number of carbonyl (C=O) groups is 2. The third-order valence-electron chi connectivity index (χ3n) is 2.50. The Hall–Kier alpha value is -1.60. The van der Waals surface area contributed by atoms with Gasteiger partial charge < -0.3 is 5.32 Å². The summed E-state index contributed by atoms with van der Waals surface area (Å²) in [4.78, 5) is 27.6. The van der Waals surface area contributed by atoms with Gasteiger partial charge in [0.2, 0.25) is 5.91 Å². The predicted molar refractivity (Wildman–Crippen MR) is 82.2 cm³/mol. The highest BCUT2D eigenvalue weighted by Gasteiger charge is 2.18. The van der Waals surface area contributed by atoms with Gasteiger partial charge in [-0.25, -0.2) is 9.78 Å². The fraction of sp³-hybridized carbons (Fsp3) is 0.308. The van der Waals surface area contributed by atoms with Crippen molar-refractivity contribution in [2.75, 3.05) is 6.54 Å². The van der Waals surface area contributed by atoms with E-state index in [9.17, 15) is 9.59 Å². The number of hydrogen-bond donors (Lipinski definition) is 2. The largest absolute Gasteiger partial charge is 0.338 e. The summed E-state index contributed by atoms with van der Waals surface area (Å²) in [6.45, 7) is 4.03. The number of rotatable bonds is 4. The predicted octanol–water partition coefficient (Wildman–Crippen LogP) is 2.62. The Kier molecular flexibility index (Phi) is 4.97. The molecule has 7 heteroatoms. The normalized spacial score (nSPS) is 12.1. The molecule has 0 aliphatic rings. The van der Waals surface area contributed by atoms with E-state index in [1.54, 1.807) is 25.2 Å². The summed E-state index contributed by atoms with van der Waals surface area (Å²) in [6.07, 6.45) is 0. The van der Waals surface area contributed by atoms with E-state index in [4.69, 9.17) is 0 Å². The molecule has 0 saturated heterocycles. The molecule has 0 saturated carbocycles. The van der Waals surface area contributed by atoms with Crippen LogP contribution in [0.5, 0.6) is 0 Å². The minimum absolute atomic E-state index is 0.319. The lowest BCUT2D eigenvalue weighted by Gasteiger charge is -2.09. The highest BCUT2D eigenvalue weighted by Crippen LogP contribution is 2.31. The Balaban J connectivity index is 1.98. The molecule has 0 radical (unpaired) electrons. The van der Waals surface area contributed by atoms with E-state index in [1.165, 1.54) is 11.8 Å². The number of aromatic nitrogens is 1. The summed E-state index contributed by atoms with van der Waals surface area (Å²) in [5, 5.41) is 4.45. The minimum atomic E-state index is -0.464. The van der Waals surface area contributed by atoms with Crippen molar-refractivity contribution in [2.45, 2.75) is 23.4 Å². The Morgan fingerprint density at radius 2 is 2.15 bits per heavy atom. The van der Waals surface area contributed by atoms with Crippen molar-refractivity contribution in [3.63, 3.8) is 0 Å². The number of benzene rings is 1. The first-order valence-electron chi connectivity index (χ1n) is 6.21. The second kappa shape index (κ2) is 6.71. The van der Waals surface area contributed by atoms with Crippen molar-refractivity contribution in [3.8, 4) is 0 Å². The van der Waals surface area contributed by atoms with Gasteiger partial charge in [-0.2, -0.15) is 0 Å². The third-order valence-corrected chi connectivity index (χ3v) is 4.73. The third kappa shape index (κ3) is 3.71. The molecular weight excluding hydrogens is 294 g/mol. The quantitative estimate of drug-likeness (QED) is 0.852. The average molecular weight is 309 g/mol. The zero-order valence-electron chi connectivity index (χ0n) is 11.2. The number of nitrogens with one attached hydrogen (secondary N) is 2. The SMILES string of the molecule is CCNC(=O)NC(=O)[C@@H](C)Sc1nc2ccccc2s1. The van der Waals surface area contributed by atoms with E-state index >= 15 is 0 Å². The van der Waals surface area contributed by atoms with E-state index in [1.807, 2.05) is 24.3 Å². The highest BCUT2D eigenvalue weighted by molar-refractivity contribution is 8.02. The Labute approximate surface area is 125 Å². The lowest BCUT2D eigenvalue weighted by molar-refractivity contribution is -0.119. The van der Waals surface area contributed by atoms with Crippen LogP contribution in [0.15, 0.2) is 28.6 Å². The van der Waals surface area contributed by atoms with Crippen molar-refractivity contribution in [2.24, 2.45) is 0 Å². The van der Waals surface area contributed by atoms with Crippen molar-refractivity contribution in [1.82, 2.24) is 15.6 Å². The molecule has 0 unspecified atom stereocenters. The standard InChI is InChI=1S/C13H15N3O2S2/c1-3-14-12(18)16-11(17)8(2)19-13-15-9-6-4-5-7-10(9)20-13/h4-8H,3H2,1-2H3,(H2,14,16,17,18)/t8-/m1/s1. The first kappa shape index (κ1) is 14.8. The Morgan fingerprint density at radius 3 is 2.85 bits per heavy atom. The Morgan fingerprint density at radius 1 is 1.40 bits per heavy atom. The molecule has 0 bridgehead atoms. The van der Waals surface area contributed by atoms with Crippen LogP contribution in [0, 0.1) is 0 Å². The lowest BCUT2D eigenvalue weighted by atomic mass is 10.3. The monoisotopic (exact) mass is 309 g/mol. The minimum Gasteiger partial charge on any atom is -0.338 e. The number of thioether (sulfide) groups is 1. The van der Waals surface area contributed by atoms with E-state index in [2.05, 4.69) is 15.6 Å². The zero-order valence-corrected chi connectivity index (χ0v) is 12.8. The fourth-order valence-corrected chi connectivity index (χ4v) is 3.74. The van der Waals surface area contributed by atoms with Gasteiger partial charge in [0.1, 0.15) is 0 Å². The van der Waals surface area contributed by atoms with Gasteiger partial charge in [-0.3, -0.25) is 10.1 Å². The van der Waals surface area contributed by atoms with Gasteiger partial charge in [-0.15, -0.1) is 11.3 Å². The van der Waals surface area contributed by atoms with Crippen molar-refractivity contribution in [3.05, 3.63) is 24.3 Å².